The summed E-state index contributed by atoms with van der Waals surface area (Å²) in [4.78, 5) is 0.693. The van der Waals surface area contributed by atoms with Crippen molar-refractivity contribution in [2.45, 2.75) is 4.90 Å². The molecular formula is C15H10F2N2O2S2. The van der Waals surface area contributed by atoms with Crippen molar-refractivity contribution in [3.05, 3.63) is 54.1 Å². The molecule has 8 heteroatoms. The molecule has 1 aromatic heterocycles. The molecule has 0 atom stereocenters. The van der Waals surface area contributed by atoms with Crippen LogP contribution >= 0.6 is 11.5 Å². The fourth-order valence-electron chi connectivity index (χ4n) is 2.11. The average molecular weight is 352 g/mol. The lowest BCUT2D eigenvalue weighted by Gasteiger charge is -2.04. The zero-order valence-electron chi connectivity index (χ0n) is 11.8. The maximum absolute atomic E-state index is 13.4. The number of rotatable bonds is 3. The Bertz CT molecular complexity index is 947. The summed E-state index contributed by atoms with van der Waals surface area (Å²) in [5, 5.41) is 3.99. The van der Waals surface area contributed by atoms with Gasteiger partial charge in [-0.15, -0.1) is 5.10 Å². The Morgan fingerprint density at radius 3 is 2.13 bits per heavy atom. The van der Waals surface area contributed by atoms with Crippen LogP contribution in [0.5, 0.6) is 0 Å². The lowest BCUT2D eigenvalue weighted by Crippen LogP contribution is -1.96. The SMILES string of the molecule is CS(=O)(=O)c1ccc(-c2nnsc2-c2cc(F)cc(F)c2)cc1. The summed E-state index contributed by atoms with van der Waals surface area (Å²) in [6.45, 7) is 0. The average Bonchev–Trinajstić information content (AvgIpc) is 2.95. The lowest BCUT2D eigenvalue weighted by molar-refractivity contribution is 0.584. The Balaban J connectivity index is 2.07. The summed E-state index contributed by atoms with van der Waals surface area (Å²) >= 11 is 1.01. The van der Waals surface area contributed by atoms with Crippen molar-refractivity contribution < 1.29 is 17.2 Å². The number of benzene rings is 2. The fraction of sp³-hybridized carbons (Fsp3) is 0.0667. The van der Waals surface area contributed by atoms with Crippen molar-refractivity contribution >= 4 is 21.4 Å². The number of sulfone groups is 1. The van der Waals surface area contributed by atoms with Crippen LogP contribution in [0.15, 0.2) is 47.4 Å². The van der Waals surface area contributed by atoms with Crippen LogP contribution in [0.4, 0.5) is 8.78 Å². The van der Waals surface area contributed by atoms with E-state index in [1.54, 1.807) is 12.1 Å². The molecule has 3 aromatic rings. The second kappa shape index (κ2) is 5.78. The van der Waals surface area contributed by atoms with E-state index in [2.05, 4.69) is 9.59 Å². The van der Waals surface area contributed by atoms with Crippen molar-refractivity contribution in [1.82, 2.24) is 9.59 Å². The van der Waals surface area contributed by atoms with E-state index in [0.29, 0.717) is 21.7 Å². The van der Waals surface area contributed by atoms with Gasteiger partial charge < -0.3 is 0 Å². The summed E-state index contributed by atoms with van der Waals surface area (Å²) < 4.78 is 53.6. The molecule has 0 N–H and O–H groups in total. The molecule has 118 valence electrons. The molecule has 0 saturated carbocycles. The van der Waals surface area contributed by atoms with Gasteiger partial charge in [-0.2, -0.15) is 0 Å². The van der Waals surface area contributed by atoms with Crippen LogP contribution in [0.3, 0.4) is 0 Å². The summed E-state index contributed by atoms with van der Waals surface area (Å²) in [5.41, 5.74) is 1.39. The fourth-order valence-corrected chi connectivity index (χ4v) is 3.42. The normalized spacial score (nSPS) is 11.6. The van der Waals surface area contributed by atoms with Crippen LogP contribution in [0.25, 0.3) is 21.7 Å². The minimum Gasteiger partial charge on any atom is -0.224 e. The highest BCUT2D eigenvalue weighted by atomic mass is 32.2. The lowest BCUT2D eigenvalue weighted by atomic mass is 10.1. The first-order valence-electron chi connectivity index (χ1n) is 6.44. The molecule has 2 aromatic carbocycles. The number of nitrogens with zero attached hydrogens (tertiary/aromatic N) is 2. The summed E-state index contributed by atoms with van der Waals surface area (Å²) in [7, 11) is -3.29. The van der Waals surface area contributed by atoms with Crippen LogP contribution in [-0.4, -0.2) is 24.3 Å². The third kappa shape index (κ3) is 3.27. The zero-order chi connectivity index (χ0) is 16.6. The highest BCUT2D eigenvalue weighted by molar-refractivity contribution is 7.90. The third-order valence-electron chi connectivity index (χ3n) is 3.17. The van der Waals surface area contributed by atoms with E-state index in [0.717, 1.165) is 23.9 Å². The zero-order valence-corrected chi connectivity index (χ0v) is 13.5. The Hall–Kier alpha value is -2.19. The monoisotopic (exact) mass is 352 g/mol. The predicted molar refractivity (Wildman–Crippen MR) is 83.8 cm³/mol. The maximum atomic E-state index is 13.4. The van der Waals surface area contributed by atoms with Crippen LogP contribution < -0.4 is 0 Å². The highest BCUT2D eigenvalue weighted by Gasteiger charge is 2.15. The molecule has 3 rings (SSSR count). The van der Waals surface area contributed by atoms with Crippen molar-refractivity contribution in [3.63, 3.8) is 0 Å². The van der Waals surface area contributed by atoms with Crippen LogP contribution in [0.2, 0.25) is 0 Å². The highest BCUT2D eigenvalue weighted by Crippen LogP contribution is 2.34. The second-order valence-electron chi connectivity index (χ2n) is 4.91. The molecule has 0 amide bonds. The quantitative estimate of drug-likeness (QED) is 0.723. The van der Waals surface area contributed by atoms with Gasteiger partial charge in [0.05, 0.1) is 9.77 Å². The molecule has 0 aliphatic heterocycles. The first kappa shape index (κ1) is 15.7. The summed E-state index contributed by atoms with van der Waals surface area (Å²) in [6.07, 6.45) is 1.12. The summed E-state index contributed by atoms with van der Waals surface area (Å²) in [6, 6.07) is 9.29. The predicted octanol–water partition coefficient (Wildman–Crippen LogP) is 3.55. The molecule has 4 nitrogen and oxygen atoms in total. The smallest absolute Gasteiger partial charge is 0.175 e. The van der Waals surface area contributed by atoms with Gasteiger partial charge in [-0.1, -0.05) is 16.6 Å². The standard InChI is InChI=1S/C15H10F2N2O2S2/c1-23(20,21)13-4-2-9(3-5-13)14-15(22-19-18-14)10-6-11(16)8-12(17)7-10/h2-8H,1H3. The number of halogens is 2. The Labute approximate surface area is 135 Å². The van der Waals surface area contributed by atoms with E-state index >= 15 is 0 Å². The van der Waals surface area contributed by atoms with Gasteiger partial charge in [-0.05, 0) is 35.8 Å². The maximum Gasteiger partial charge on any atom is 0.175 e. The molecule has 0 saturated heterocycles. The number of aromatic nitrogens is 2. The molecule has 0 bridgehead atoms. The first-order valence-corrected chi connectivity index (χ1v) is 9.10. The van der Waals surface area contributed by atoms with Crippen molar-refractivity contribution in [3.8, 4) is 21.7 Å². The molecule has 0 unspecified atom stereocenters. The van der Waals surface area contributed by atoms with Crippen LogP contribution in [0.1, 0.15) is 0 Å². The Morgan fingerprint density at radius 1 is 0.957 bits per heavy atom. The molecule has 1 heterocycles. The van der Waals surface area contributed by atoms with E-state index in [9.17, 15) is 17.2 Å². The molecule has 0 spiro atoms. The molecule has 0 radical (unpaired) electrons. The third-order valence-corrected chi connectivity index (χ3v) is 5.07. The molecule has 23 heavy (non-hydrogen) atoms. The minimum absolute atomic E-state index is 0.183. The van der Waals surface area contributed by atoms with Crippen molar-refractivity contribution in [2.75, 3.05) is 6.26 Å². The van der Waals surface area contributed by atoms with E-state index in [-0.39, 0.29) is 4.90 Å². The van der Waals surface area contributed by atoms with Gasteiger partial charge in [0.25, 0.3) is 0 Å². The van der Waals surface area contributed by atoms with Gasteiger partial charge in [0.15, 0.2) is 9.84 Å². The molecule has 0 aliphatic carbocycles. The van der Waals surface area contributed by atoms with Gasteiger partial charge in [-0.3, -0.25) is 0 Å². The molecule has 0 aliphatic rings. The van der Waals surface area contributed by atoms with Crippen molar-refractivity contribution in [1.29, 1.82) is 0 Å². The Kier molecular flexibility index (Phi) is 3.95. The topological polar surface area (TPSA) is 59.9 Å². The minimum atomic E-state index is -3.29. The van der Waals surface area contributed by atoms with Crippen LogP contribution in [0, 0.1) is 11.6 Å². The van der Waals surface area contributed by atoms with Gasteiger partial charge in [-0.25, -0.2) is 17.2 Å². The van der Waals surface area contributed by atoms with Crippen molar-refractivity contribution in [2.24, 2.45) is 0 Å². The number of hydrogen-bond acceptors (Lipinski definition) is 5. The Morgan fingerprint density at radius 2 is 1.57 bits per heavy atom. The van der Waals surface area contributed by atoms with Gasteiger partial charge in [0.1, 0.15) is 17.3 Å². The van der Waals surface area contributed by atoms with Gasteiger partial charge >= 0.3 is 0 Å². The van der Waals surface area contributed by atoms with E-state index in [4.69, 9.17) is 0 Å². The van der Waals surface area contributed by atoms with Crippen LogP contribution in [-0.2, 0) is 9.84 Å². The largest absolute Gasteiger partial charge is 0.224 e. The van der Waals surface area contributed by atoms with Gasteiger partial charge in [0, 0.05) is 23.4 Å². The number of hydrogen-bond donors (Lipinski definition) is 0. The second-order valence-corrected chi connectivity index (χ2v) is 7.68. The van der Waals surface area contributed by atoms with Gasteiger partial charge in [0.2, 0.25) is 0 Å². The van der Waals surface area contributed by atoms with E-state index in [1.807, 2.05) is 0 Å². The molecular weight excluding hydrogens is 342 g/mol. The first-order chi connectivity index (χ1) is 10.8. The molecule has 0 fully saturated rings. The summed E-state index contributed by atoms with van der Waals surface area (Å²) in [5.74, 6) is -1.38. The van der Waals surface area contributed by atoms with E-state index < -0.39 is 21.5 Å². The van der Waals surface area contributed by atoms with E-state index in [1.165, 1.54) is 24.3 Å².